The normalized spacial score (nSPS) is 22.2. The second-order valence-electron chi connectivity index (χ2n) is 6.29. The van der Waals surface area contributed by atoms with Crippen molar-refractivity contribution in [3.63, 3.8) is 0 Å². The molecule has 2 saturated heterocycles. The molecular weight excluding hydrogens is 278 g/mol. The van der Waals surface area contributed by atoms with Crippen molar-refractivity contribution >= 4 is 6.03 Å². The standard InChI is InChI=1S/C17H25N3O2/c21-17(18-22-14-15-6-2-1-3-7-15)20-11-8-16(13-20)12-19-9-4-5-10-19/h1-3,6-7,16H,4-5,8-14H2,(H,18,21). The zero-order chi connectivity index (χ0) is 15.2. The predicted molar refractivity (Wildman–Crippen MR) is 85.1 cm³/mol. The Balaban J connectivity index is 1.36. The Labute approximate surface area is 132 Å². The van der Waals surface area contributed by atoms with Crippen LogP contribution in [0.5, 0.6) is 0 Å². The number of nitrogens with one attached hydrogen (secondary N) is 1. The van der Waals surface area contributed by atoms with Gasteiger partial charge >= 0.3 is 6.03 Å². The number of carbonyl (C=O) groups excluding carboxylic acids is 1. The Kier molecular flexibility index (Phi) is 5.29. The van der Waals surface area contributed by atoms with E-state index in [2.05, 4.69) is 10.4 Å². The molecule has 2 aliphatic rings. The highest BCUT2D eigenvalue weighted by molar-refractivity contribution is 5.73. The number of carbonyl (C=O) groups is 1. The van der Waals surface area contributed by atoms with E-state index in [1.165, 1.54) is 25.9 Å². The number of hydrogen-bond acceptors (Lipinski definition) is 3. The van der Waals surface area contributed by atoms with Crippen LogP contribution in [0.4, 0.5) is 4.79 Å². The van der Waals surface area contributed by atoms with Crippen LogP contribution in [-0.4, -0.2) is 48.6 Å². The highest BCUT2D eigenvalue weighted by Gasteiger charge is 2.28. The summed E-state index contributed by atoms with van der Waals surface area (Å²) < 4.78 is 0. The summed E-state index contributed by atoms with van der Waals surface area (Å²) in [5.74, 6) is 0.609. The van der Waals surface area contributed by atoms with Crippen LogP contribution < -0.4 is 5.48 Å². The van der Waals surface area contributed by atoms with Crippen molar-refractivity contribution in [1.82, 2.24) is 15.3 Å². The van der Waals surface area contributed by atoms with Crippen molar-refractivity contribution in [2.24, 2.45) is 5.92 Å². The maximum absolute atomic E-state index is 12.1. The average molecular weight is 303 g/mol. The van der Waals surface area contributed by atoms with E-state index in [9.17, 15) is 4.79 Å². The first-order chi connectivity index (χ1) is 10.8. The number of likely N-dealkylation sites (tertiary alicyclic amines) is 2. The molecule has 0 spiro atoms. The van der Waals surface area contributed by atoms with Crippen LogP contribution in [0.1, 0.15) is 24.8 Å². The van der Waals surface area contributed by atoms with Crippen molar-refractivity contribution in [2.75, 3.05) is 32.7 Å². The van der Waals surface area contributed by atoms with E-state index in [4.69, 9.17) is 4.84 Å². The minimum atomic E-state index is -0.111. The van der Waals surface area contributed by atoms with Gasteiger partial charge in [0.2, 0.25) is 0 Å². The Bertz CT molecular complexity index is 474. The molecule has 5 heteroatoms. The van der Waals surface area contributed by atoms with Gasteiger partial charge in [0.05, 0.1) is 6.61 Å². The highest BCUT2D eigenvalue weighted by Crippen LogP contribution is 2.19. The zero-order valence-electron chi connectivity index (χ0n) is 13.0. The third-order valence-electron chi connectivity index (χ3n) is 4.53. The summed E-state index contributed by atoms with van der Waals surface area (Å²) in [5, 5.41) is 0. The molecule has 2 heterocycles. The summed E-state index contributed by atoms with van der Waals surface area (Å²) in [6, 6.07) is 9.74. The highest BCUT2D eigenvalue weighted by atomic mass is 16.7. The molecular formula is C17H25N3O2. The van der Waals surface area contributed by atoms with Crippen molar-refractivity contribution in [2.45, 2.75) is 25.9 Å². The minimum Gasteiger partial charge on any atom is -0.323 e. The van der Waals surface area contributed by atoms with Crippen LogP contribution >= 0.6 is 0 Å². The lowest BCUT2D eigenvalue weighted by atomic mass is 10.1. The molecule has 0 bridgehead atoms. The molecule has 1 aromatic rings. The van der Waals surface area contributed by atoms with Gasteiger partial charge in [-0.3, -0.25) is 4.84 Å². The summed E-state index contributed by atoms with van der Waals surface area (Å²) >= 11 is 0. The van der Waals surface area contributed by atoms with Gasteiger partial charge in [-0.2, -0.15) is 0 Å². The zero-order valence-corrected chi connectivity index (χ0v) is 13.0. The first kappa shape index (κ1) is 15.3. The Morgan fingerprint density at radius 1 is 1.18 bits per heavy atom. The van der Waals surface area contributed by atoms with Gasteiger partial charge in [-0.1, -0.05) is 30.3 Å². The largest absolute Gasteiger partial charge is 0.341 e. The number of hydroxylamine groups is 1. The van der Waals surface area contributed by atoms with E-state index in [1.54, 1.807) is 0 Å². The van der Waals surface area contributed by atoms with E-state index in [0.717, 1.165) is 31.6 Å². The number of rotatable bonds is 5. The lowest BCUT2D eigenvalue weighted by Gasteiger charge is -2.20. The number of hydrogen-bond donors (Lipinski definition) is 1. The Hall–Kier alpha value is -1.59. The fourth-order valence-corrected chi connectivity index (χ4v) is 3.32. The molecule has 0 radical (unpaired) electrons. The van der Waals surface area contributed by atoms with Crippen molar-refractivity contribution < 1.29 is 9.63 Å². The van der Waals surface area contributed by atoms with Crippen LogP contribution in [0.3, 0.4) is 0 Å². The lowest BCUT2D eigenvalue weighted by molar-refractivity contribution is 0.0382. The van der Waals surface area contributed by atoms with Crippen molar-refractivity contribution in [3.05, 3.63) is 35.9 Å². The van der Waals surface area contributed by atoms with Gasteiger partial charge in [0.25, 0.3) is 0 Å². The molecule has 3 rings (SSSR count). The molecule has 0 aliphatic carbocycles. The molecule has 1 aromatic carbocycles. The van der Waals surface area contributed by atoms with Gasteiger partial charge in [-0.15, -0.1) is 0 Å². The Morgan fingerprint density at radius 2 is 1.95 bits per heavy atom. The molecule has 5 nitrogen and oxygen atoms in total. The van der Waals surface area contributed by atoms with E-state index >= 15 is 0 Å². The first-order valence-electron chi connectivity index (χ1n) is 8.24. The van der Waals surface area contributed by atoms with Crippen LogP contribution in [0.25, 0.3) is 0 Å². The number of nitrogens with zero attached hydrogens (tertiary/aromatic N) is 2. The molecule has 0 aromatic heterocycles. The van der Waals surface area contributed by atoms with Gasteiger partial charge in [0.15, 0.2) is 0 Å². The smallest absolute Gasteiger partial charge is 0.323 e. The maximum atomic E-state index is 12.1. The third kappa shape index (κ3) is 4.21. The quantitative estimate of drug-likeness (QED) is 0.849. The third-order valence-corrected chi connectivity index (χ3v) is 4.53. The summed E-state index contributed by atoms with van der Waals surface area (Å²) in [6.07, 6.45) is 3.75. The molecule has 0 saturated carbocycles. The molecule has 1 atom stereocenters. The minimum absolute atomic E-state index is 0.111. The van der Waals surface area contributed by atoms with E-state index in [0.29, 0.717) is 12.5 Å². The van der Waals surface area contributed by atoms with Gasteiger partial charge in [-0.25, -0.2) is 10.3 Å². The number of amides is 2. The summed E-state index contributed by atoms with van der Waals surface area (Å²) in [4.78, 5) is 21.8. The first-order valence-corrected chi connectivity index (χ1v) is 8.24. The van der Waals surface area contributed by atoms with E-state index < -0.39 is 0 Å². The lowest BCUT2D eigenvalue weighted by Crippen LogP contribution is -2.39. The molecule has 22 heavy (non-hydrogen) atoms. The average Bonchev–Trinajstić information content (AvgIpc) is 3.21. The topological polar surface area (TPSA) is 44.8 Å². The van der Waals surface area contributed by atoms with Crippen LogP contribution in [0.15, 0.2) is 30.3 Å². The summed E-state index contributed by atoms with van der Waals surface area (Å²) in [6.45, 7) is 5.66. The second kappa shape index (κ2) is 7.61. The molecule has 1 N–H and O–H groups in total. The van der Waals surface area contributed by atoms with E-state index in [-0.39, 0.29) is 6.03 Å². The molecule has 1 unspecified atom stereocenters. The number of urea groups is 1. The second-order valence-corrected chi connectivity index (χ2v) is 6.29. The predicted octanol–water partition coefficient (Wildman–Crippen LogP) is 2.25. The molecule has 2 aliphatic heterocycles. The van der Waals surface area contributed by atoms with Crippen molar-refractivity contribution in [1.29, 1.82) is 0 Å². The summed E-state index contributed by atoms with van der Waals surface area (Å²) in [5.41, 5.74) is 3.61. The van der Waals surface area contributed by atoms with Gasteiger partial charge in [0, 0.05) is 19.6 Å². The SMILES string of the molecule is O=C(NOCc1ccccc1)N1CCC(CN2CCCC2)C1. The van der Waals surface area contributed by atoms with Gasteiger partial charge in [0.1, 0.15) is 0 Å². The monoisotopic (exact) mass is 303 g/mol. The fourth-order valence-electron chi connectivity index (χ4n) is 3.32. The van der Waals surface area contributed by atoms with Gasteiger partial charge < -0.3 is 9.80 Å². The van der Waals surface area contributed by atoms with Crippen LogP contribution in [-0.2, 0) is 11.4 Å². The van der Waals surface area contributed by atoms with Gasteiger partial charge in [-0.05, 0) is 43.8 Å². The molecule has 2 fully saturated rings. The van der Waals surface area contributed by atoms with Crippen LogP contribution in [0.2, 0.25) is 0 Å². The molecule has 2 amide bonds. The fraction of sp³-hybridized carbons (Fsp3) is 0.588. The van der Waals surface area contributed by atoms with Crippen molar-refractivity contribution in [3.8, 4) is 0 Å². The Morgan fingerprint density at radius 3 is 2.73 bits per heavy atom. The number of benzene rings is 1. The van der Waals surface area contributed by atoms with E-state index in [1.807, 2.05) is 35.2 Å². The maximum Gasteiger partial charge on any atom is 0.341 e. The molecule has 120 valence electrons. The van der Waals surface area contributed by atoms with Crippen LogP contribution in [0, 0.1) is 5.92 Å². The summed E-state index contributed by atoms with van der Waals surface area (Å²) in [7, 11) is 0.